The van der Waals surface area contributed by atoms with Gasteiger partial charge >= 0.3 is 0 Å². The highest BCUT2D eigenvalue weighted by Crippen LogP contribution is 2.38. The highest BCUT2D eigenvalue weighted by molar-refractivity contribution is 6.09. The molecule has 0 saturated carbocycles. The van der Waals surface area contributed by atoms with Crippen LogP contribution in [0.4, 0.5) is 17.2 Å². The minimum atomic E-state index is -0.553. The average Bonchev–Trinajstić information content (AvgIpc) is 3.37. The van der Waals surface area contributed by atoms with Gasteiger partial charge in [-0.3, -0.25) is 9.59 Å². The first kappa shape index (κ1) is 25.8. The lowest BCUT2D eigenvalue weighted by molar-refractivity contribution is -0.113. The van der Waals surface area contributed by atoms with Gasteiger partial charge in [0.25, 0.3) is 11.8 Å². The first-order valence-corrected chi connectivity index (χ1v) is 12.9. The SMILES string of the molecule is CCc1ccc([C@H]2C(C(=O)Nc3ccccc3OC)=C(C)Nc3c(C(=O)Nc4ccc(C)cc4)cnn32)cc1. The van der Waals surface area contributed by atoms with E-state index in [0.717, 1.165) is 17.5 Å². The molecule has 1 aliphatic heterocycles. The fraction of sp³-hybridized carbons (Fsp3) is 0.194. The van der Waals surface area contributed by atoms with Crippen LogP contribution in [-0.4, -0.2) is 28.7 Å². The largest absolute Gasteiger partial charge is 0.495 e. The Morgan fingerprint density at radius 3 is 2.36 bits per heavy atom. The third-order valence-corrected chi connectivity index (χ3v) is 6.88. The van der Waals surface area contributed by atoms with Crippen molar-refractivity contribution in [1.29, 1.82) is 0 Å². The van der Waals surface area contributed by atoms with Gasteiger partial charge in [-0.1, -0.05) is 61.0 Å². The molecule has 0 bridgehead atoms. The molecule has 2 heterocycles. The van der Waals surface area contributed by atoms with E-state index in [0.29, 0.717) is 39.8 Å². The number of nitrogens with zero attached hydrogens (tertiary/aromatic N) is 2. The van der Waals surface area contributed by atoms with E-state index >= 15 is 0 Å². The van der Waals surface area contributed by atoms with Gasteiger partial charge < -0.3 is 20.7 Å². The second-order valence-electron chi connectivity index (χ2n) is 9.49. The fourth-order valence-electron chi connectivity index (χ4n) is 4.73. The first-order valence-electron chi connectivity index (χ1n) is 12.9. The molecule has 8 nitrogen and oxygen atoms in total. The molecule has 198 valence electrons. The van der Waals surface area contributed by atoms with E-state index in [1.807, 2.05) is 62.4 Å². The Hall–Kier alpha value is -4.85. The number of fused-ring (bicyclic) bond motifs is 1. The van der Waals surface area contributed by atoms with Crippen LogP contribution in [0.25, 0.3) is 0 Å². The molecule has 1 aromatic heterocycles. The lowest BCUT2D eigenvalue weighted by atomic mass is 9.93. The first-order chi connectivity index (χ1) is 18.9. The van der Waals surface area contributed by atoms with Crippen molar-refractivity contribution in [2.75, 3.05) is 23.1 Å². The van der Waals surface area contributed by atoms with Gasteiger partial charge in [0, 0.05) is 11.4 Å². The normalized spacial score (nSPS) is 14.3. The Balaban J connectivity index is 1.54. The zero-order valence-electron chi connectivity index (χ0n) is 22.4. The van der Waals surface area contributed by atoms with Crippen molar-refractivity contribution in [1.82, 2.24) is 9.78 Å². The number of para-hydroxylation sites is 2. The van der Waals surface area contributed by atoms with Crippen LogP contribution in [0.5, 0.6) is 5.75 Å². The van der Waals surface area contributed by atoms with Crippen molar-refractivity contribution >= 4 is 29.0 Å². The van der Waals surface area contributed by atoms with Crippen LogP contribution in [0.1, 0.15) is 46.9 Å². The van der Waals surface area contributed by atoms with E-state index in [1.165, 1.54) is 11.8 Å². The Labute approximate surface area is 227 Å². The third-order valence-electron chi connectivity index (χ3n) is 6.88. The van der Waals surface area contributed by atoms with E-state index in [4.69, 9.17) is 4.74 Å². The molecule has 5 rings (SSSR count). The molecule has 1 aliphatic rings. The number of hydrogen-bond acceptors (Lipinski definition) is 5. The predicted octanol–water partition coefficient (Wildman–Crippen LogP) is 5.94. The summed E-state index contributed by atoms with van der Waals surface area (Å²) in [6.45, 7) is 5.93. The topological polar surface area (TPSA) is 97.3 Å². The summed E-state index contributed by atoms with van der Waals surface area (Å²) in [4.78, 5) is 27.1. The fourth-order valence-corrected chi connectivity index (χ4v) is 4.73. The summed E-state index contributed by atoms with van der Waals surface area (Å²) in [5.74, 6) is 0.505. The van der Waals surface area contributed by atoms with Crippen LogP contribution >= 0.6 is 0 Å². The van der Waals surface area contributed by atoms with Crippen LogP contribution in [0.2, 0.25) is 0 Å². The molecule has 0 spiro atoms. The standard InChI is InChI=1S/C31H31N5O3/c1-5-21-12-14-22(15-13-21)28-27(31(38)35-25-8-6-7-9-26(25)39-4)20(3)33-29-24(18-32-36(28)29)30(37)34-23-16-10-19(2)11-17-23/h6-18,28,33H,5H2,1-4H3,(H,34,37)(H,35,38)/t28-/m0/s1. The molecule has 0 radical (unpaired) electrons. The van der Waals surface area contributed by atoms with Gasteiger partial charge in [-0.05, 0) is 55.7 Å². The summed E-state index contributed by atoms with van der Waals surface area (Å²) < 4.78 is 7.13. The highest BCUT2D eigenvalue weighted by Gasteiger charge is 2.35. The lowest BCUT2D eigenvalue weighted by Gasteiger charge is -2.30. The maximum absolute atomic E-state index is 13.8. The van der Waals surface area contributed by atoms with Gasteiger partial charge in [0.05, 0.1) is 24.6 Å². The van der Waals surface area contributed by atoms with Crippen molar-refractivity contribution in [3.8, 4) is 5.75 Å². The molecule has 0 saturated heterocycles. The lowest BCUT2D eigenvalue weighted by Crippen LogP contribution is -2.32. The van der Waals surface area contributed by atoms with Crippen molar-refractivity contribution < 1.29 is 14.3 Å². The van der Waals surface area contributed by atoms with Crippen LogP contribution in [-0.2, 0) is 11.2 Å². The zero-order valence-corrected chi connectivity index (χ0v) is 22.4. The van der Waals surface area contributed by atoms with Crippen molar-refractivity contribution in [3.63, 3.8) is 0 Å². The van der Waals surface area contributed by atoms with Crippen molar-refractivity contribution in [2.45, 2.75) is 33.2 Å². The number of allylic oxidation sites excluding steroid dienone is 1. The number of aromatic nitrogens is 2. The van der Waals surface area contributed by atoms with Gasteiger partial charge in [0.1, 0.15) is 23.2 Å². The number of amides is 2. The summed E-state index contributed by atoms with van der Waals surface area (Å²) >= 11 is 0. The maximum Gasteiger partial charge on any atom is 0.261 e. The van der Waals surface area contributed by atoms with E-state index < -0.39 is 6.04 Å². The number of ether oxygens (including phenoxy) is 1. The molecule has 1 atom stereocenters. The summed E-state index contributed by atoms with van der Waals surface area (Å²) in [6.07, 6.45) is 2.44. The number of benzene rings is 3. The molecule has 0 aliphatic carbocycles. The quantitative estimate of drug-likeness (QED) is 0.280. The number of rotatable bonds is 7. The molecule has 39 heavy (non-hydrogen) atoms. The predicted molar refractivity (Wildman–Crippen MR) is 153 cm³/mol. The number of methoxy groups -OCH3 is 1. The molecular formula is C31H31N5O3. The van der Waals surface area contributed by atoms with Gasteiger partial charge in [-0.15, -0.1) is 0 Å². The third kappa shape index (κ3) is 5.13. The van der Waals surface area contributed by atoms with Crippen LogP contribution in [0.15, 0.2) is 90.3 Å². The van der Waals surface area contributed by atoms with Crippen LogP contribution in [0, 0.1) is 6.92 Å². The number of nitrogens with one attached hydrogen (secondary N) is 3. The minimum absolute atomic E-state index is 0.289. The Bertz CT molecular complexity index is 1550. The minimum Gasteiger partial charge on any atom is -0.495 e. The molecule has 3 aromatic carbocycles. The van der Waals surface area contributed by atoms with Gasteiger partial charge in [0.15, 0.2) is 0 Å². The molecule has 0 fully saturated rings. The summed E-state index contributed by atoms with van der Waals surface area (Å²) in [5.41, 5.74) is 5.94. The molecule has 8 heteroatoms. The van der Waals surface area contributed by atoms with Gasteiger partial charge in [-0.25, -0.2) is 4.68 Å². The van der Waals surface area contributed by atoms with Crippen LogP contribution in [0.3, 0.4) is 0 Å². The Kier molecular flexibility index (Phi) is 7.19. The molecular weight excluding hydrogens is 490 g/mol. The maximum atomic E-state index is 13.8. The monoisotopic (exact) mass is 521 g/mol. The van der Waals surface area contributed by atoms with E-state index in [2.05, 4.69) is 40.1 Å². The van der Waals surface area contributed by atoms with E-state index in [-0.39, 0.29) is 11.8 Å². The van der Waals surface area contributed by atoms with Gasteiger partial charge in [-0.2, -0.15) is 5.10 Å². The van der Waals surface area contributed by atoms with E-state index in [9.17, 15) is 9.59 Å². The second kappa shape index (κ2) is 10.9. The summed E-state index contributed by atoms with van der Waals surface area (Å²) in [6, 6.07) is 22.4. The van der Waals surface area contributed by atoms with Crippen molar-refractivity contribution in [2.24, 2.45) is 0 Å². The van der Waals surface area contributed by atoms with Crippen molar-refractivity contribution in [3.05, 3.63) is 113 Å². The highest BCUT2D eigenvalue weighted by atomic mass is 16.5. The molecule has 0 unspecified atom stereocenters. The second-order valence-corrected chi connectivity index (χ2v) is 9.49. The molecule has 4 aromatic rings. The summed E-state index contributed by atoms with van der Waals surface area (Å²) in [5, 5.41) is 13.8. The van der Waals surface area contributed by atoms with Gasteiger partial charge in [0.2, 0.25) is 0 Å². The number of hydrogen-bond donors (Lipinski definition) is 3. The summed E-state index contributed by atoms with van der Waals surface area (Å²) in [7, 11) is 1.56. The number of anilines is 3. The number of aryl methyl sites for hydroxylation is 2. The van der Waals surface area contributed by atoms with Crippen LogP contribution < -0.4 is 20.7 Å². The Morgan fingerprint density at radius 2 is 1.67 bits per heavy atom. The van der Waals surface area contributed by atoms with E-state index in [1.54, 1.807) is 23.9 Å². The molecule has 2 amide bonds. The Morgan fingerprint density at radius 1 is 0.949 bits per heavy atom. The average molecular weight is 522 g/mol. The zero-order chi connectivity index (χ0) is 27.5. The number of carbonyl (C=O) groups is 2. The molecule has 3 N–H and O–H groups in total. The number of carbonyl (C=O) groups excluding carboxylic acids is 2. The smallest absolute Gasteiger partial charge is 0.261 e.